The van der Waals surface area contributed by atoms with Gasteiger partial charge in [0.1, 0.15) is 0 Å². The Labute approximate surface area is 123 Å². The number of aliphatic hydroxyl groups excluding tert-OH is 1. The number of aliphatic hydroxyl groups is 1. The average Bonchev–Trinajstić information content (AvgIpc) is 2.38. The summed E-state index contributed by atoms with van der Waals surface area (Å²) in [4.78, 5) is 12.7. The number of nitrogens with one attached hydrogen (secondary N) is 1. The molecule has 0 aliphatic heterocycles. The van der Waals surface area contributed by atoms with Crippen molar-refractivity contribution in [2.45, 2.75) is 31.3 Å². The maximum atomic E-state index is 11.6. The SMILES string of the molecule is CC(C)C(O)CNC(=O)CCSc1ccc(Cl)cc1. The van der Waals surface area contributed by atoms with Crippen LogP contribution < -0.4 is 5.32 Å². The molecule has 0 bridgehead atoms. The van der Waals surface area contributed by atoms with Gasteiger partial charge < -0.3 is 10.4 Å². The van der Waals surface area contributed by atoms with Crippen LogP contribution in [0.1, 0.15) is 20.3 Å². The van der Waals surface area contributed by atoms with Gasteiger partial charge in [0.2, 0.25) is 5.91 Å². The van der Waals surface area contributed by atoms with E-state index in [1.54, 1.807) is 11.8 Å². The largest absolute Gasteiger partial charge is 0.391 e. The fraction of sp³-hybridized carbons (Fsp3) is 0.500. The third-order valence-corrected chi connectivity index (χ3v) is 3.96. The van der Waals surface area contributed by atoms with Crippen molar-refractivity contribution in [1.29, 1.82) is 0 Å². The van der Waals surface area contributed by atoms with Crippen LogP contribution in [0.3, 0.4) is 0 Å². The number of benzene rings is 1. The van der Waals surface area contributed by atoms with Crippen LogP contribution in [0.15, 0.2) is 29.2 Å². The molecule has 0 aliphatic rings. The van der Waals surface area contributed by atoms with E-state index in [1.165, 1.54) is 0 Å². The molecule has 0 saturated heterocycles. The number of rotatable bonds is 7. The molecule has 1 aromatic rings. The van der Waals surface area contributed by atoms with Gasteiger partial charge in [0.05, 0.1) is 6.10 Å². The molecule has 1 amide bonds. The molecule has 0 aromatic heterocycles. The minimum absolute atomic E-state index is 0.0267. The maximum Gasteiger partial charge on any atom is 0.220 e. The van der Waals surface area contributed by atoms with Crippen molar-refractivity contribution in [3.8, 4) is 0 Å². The van der Waals surface area contributed by atoms with E-state index < -0.39 is 6.10 Å². The first-order valence-corrected chi connectivity index (χ1v) is 7.68. The summed E-state index contributed by atoms with van der Waals surface area (Å²) in [6.07, 6.45) is -0.0363. The zero-order valence-electron chi connectivity index (χ0n) is 11.2. The monoisotopic (exact) mass is 301 g/mol. The fourth-order valence-corrected chi connectivity index (χ4v) is 2.31. The minimum Gasteiger partial charge on any atom is -0.391 e. The van der Waals surface area contributed by atoms with Gasteiger partial charge >= 0.3 is 0 Å². The van der Waals surface area contributed by atoms with Crippen LogP contribution in [0.5, 0.6) is 0 Å². The molecule has 2 N–H and O–H groups in total. The molecular weight excluding hydrogens is 282 g/mol. The van der Waals surface area contributed by atoms with Gasteiger partial charge in [-0.3, -0.25) is 4.79 Å². The van der Waals surface area contributed by atoms with Gasteiger partial charge in [-0.2, -0.15) is 0 Å². The lowest BCUT2D eigenvalue weighted by molar-refractivity contribution is -0.121. The minimum atomic E-state index is -0.479. The summed E-state index contributed by atoms with van der Waals surface area (Å²) >= 11 is 7.41. The summed E-state index contributed by atoms with van der Waals surface area (Å²) in [5, 5.41) is 13.0. The third kappa shape index (κ3) is 6.85. The van der Waals surface area contributed by atoms with Gasteiger partial charge in [0.25, 0.3) is 0 Å². The normalized spacial score (nSPS) is 12.5. The zero-order valence-corrected chi connectivity index (χ0v) is 12.8. The maximum absolute atomic E-state index is 11.6. The van der Waals surface area contributed by atoms with Crippen LogP contribution in [-0.2, 0) is 4.79 Å². The van der Waals surface area contributed by atoms with Crippen LogP contribution in [-0.4, -0.2) is 29.4 Å². The Morgan fingerprint density at radius 3 is 2.58 bits per heavy atom. The van der Waals surface area contributed by atoms with Gasteiger partial charge in [-0.25, -0.2) is 0 Å². The Kier molecular flexibility index (Phi) is 7.28. The fourth-order valence-electron chi connectivity index (χ4n) is 1.33. The van der Waals surface area contributed by atoms with E-state index in [9.17, 15) is 9.90 Å². The van der Waals surface area contributed by atoms with Crippen molar-refractivity contribution in [1.82, 2.24) is 5.32 Å². The Morgan fingerprint density at radius 2 is 2.00 bits per heavy atom. The Bertz CT molecular complexity index is 395. The molecule has 0 fully saturated rings. The van der Waals surface area contributed by atoms with E-state index in [4.69, 9.17) is 11.6 Å². The van der Waals surface area contributed by atoms with Crippen molar-refractivity contribution in [2.75, 3.05) is 12.3 Å². The molecule has 19 heavy (non-hydrogen) atoms. The molecule has 0 saturated carbocycles. The first-order valence-electron chi connectivity index (χ1n) is 6.32. The zero-order chi connectivity index (χ0) is 14.3. The van der Waals surface area contributed by atoms with E-state index in [0.717, 1.165) is 4.90 Å². The van der Waals surface area contributed by atoms with Crippen LogP contribution in [0, 0.1) is 5.92 Å². The lowest BCUT2D eigenvalue weighted by Crippen LogP contribution is -2.34. The predicted octanol–water partition coefficient (Wildman–Crippen LogP) is 2.96. The highest BCUT2D eigenvalue weighted by Gasteiger charge is 2.10. The lowest BCUT2D eigenvalue weighted by Gasteiger charge is -2.14. The molecule has 106 valence electrons. The number of halogens is 1. The predicted molar refractivity (Wildman–Crippen MR) is 80.6 cm³/mol. The first-order chi connectivity index (χ1) is 8.99. The van der Waals surface area contributed by atoms with Crippen molar-refractivity contribution >= 4 is 29.3 Å². The molecule has 1 atom stereocenters. The number of hydrogen-bond donors (Lipinski definition) is 2. The first kappa shape index (κ1) is 16.3. The highest BCUT2D eigenvalue weighted by atomic mass is 35.5. The van der Waals surface area contributed by atoms with E-state index in [2.05, 4.69) is 5.32 Å². The summed E-state index contributed by atoms with van der Waals surface area (Å²) < 4.78 is 0. The second-order valence-electron chi connectivity index (χ2n) is 4.67. The van der Waals surface area contributed by atoms with Gasteiger partial charge in [0, 0.05) is 28.6 Å². The van der Waals surface area contributed by atoms with E-state index >= 15 is 0 Å². The summed E-state index contributed by atoms with van der Waals surface area (Å²) in [7, 11) is 0. The molecule has 1 unspecified atom stereocenters. The number of thioether (sulfide) groups is 1. The van der Waals surface area contributed by atoms with E-state index in [1.807, 2.05) is 38.1 Å². The quantitative estimate of drug-likeness (QED) is 0.761. The summed E-state index contributed by atoms with van der Waals surface area (Å²) in [6, 6.07) is 7.55. The van der Waals surface area contributed by atoms with Crippen molar-refractivity contribution in [3.05, 3.63) is 29.3 Å². The summed E-state index contributed by atoms with van der Waals surface area (Å²) in [5.74, 6) is 0.843. The molecule has 0 radical (unpaired) electrons. The molecule has 1 rings (SSSR count). The third-order valence-electron chi connectivity index (χ3n) is 2.69. The number of amides is 1. The summed E-state index contributed by atoms with van der Waals surface area (Å²) in [5.41, 5.74) is 0. The van der Waals surface area contributed by atoms with Crippen molar-refractivity contribution in [2.24, 2.45) is 5.92 Å². The van der Waals surface area contributed by atoms with Crippen LogP contribution in [0.25, 0.3) is 0 Å². The Morgan fingerprint density at radius 1 is 1.37 bits per heavy atom. The molecule has 3 nitrogen and oxygen atoms in total. The standard InChI is InChI=1S/C14H20ClNO2S/c1-10(2)13(17)9-16-14(18)7-8-19-12-5-3-11(15)4-6-12/h3-6,10,13,17H,7-9H2,1-2H3,(H,16,18). The molecule has 0 aliphatic carbocycles. The molecule has 5 heteroatoms. The second kappa shape index (κ2) is 8.46. The van der Waals surface area contributed by atoms with Gasteiger partial charge in [-0.05, 0) is 30.2 Å². The highest BCUT2D eigenvalue weighted by molar-refractivity contribution is 7.99. The topological polar surface area (TPSA) is 49.3 Å². The Hall–Kier alpha value is -0.710. The van der Waals surface area contributed by atoms with Crippen LogP contribution in [0.4, 0.5) is 0 Å². The summed E-state index contributed by atoms with van der Waals surface area (Å²) in [6.45, 7) is 4.17. The van der Waals surface area contributed by atoms with Gasteiger partial charge in [0.15, 0.2) is 0 Å². The molecular formula is C14H20ClNO2S. The molecule has 1 aromatic carbocycles. The van der Waals surface area contributed by atoms with Gasteiger partial charge in [-0.1, -0.05) is 25.4 Å². The van der Waals surface area contributed by atoms with Gasteiger partial charge in [-0.15, -0.1) is 11.8 Å². The van der Waals surface area contributed by atoms with Crippen molar-refractivity contribution in [3.63, 3.8) is 0 Å². The number of hydrogen-bond acceptors (Lipinski definition) is 3. The van der Waals surface area contributed by atoms with E-state index in [-0.39, 0.29) is 11.8 Å². The van der Waals surface area contributed by atoms with Crippen molar-refractivity contribution < 1.29 is 9.90 Å². The molecule has 0 spiro atoms. The second-order valence-corrected chi connectivity index (χ2v) is 6.27. The smallest absolute Gasteiger partial charge is 0.220 e. The lowest BCUT2D eigenvalue weighted by atomic mass is 10.1. The number of carbonyl (C=O) groups excluding carboxylic acids is 1. The number of carbonyl (C=O) groups is 1. The van der Waals surface area contributed by atoms with E-state index in [0.29, 0.717) is 23.7 Å². The van der Waals surface area contributed by atoms with Crippen LogP contribution >= 0.6 is 23.4 Å². The Balaban J connectivity index is 2.18. The van der Waals surface area contributed by atoms with Crippen LogP contribution in [0.2, 0.25) is 5.02 Å². The highest BCUT2D eigenvalue weighted by Crippen LogP contribution is 2.20. The average molecular weight is 302 g/mol. The molecule has 0 heterocycles.